The van der Waals surface area contributed by atoms with Gasteiger partial charge in [-0.3, -0.25) is 4.79 Å². The maximum absolute atomic E-state index is 13.7. The number of alkyl halides is 3. The molecule has 0 N–H and O–H groups in total. The minimum absolute atomic E-state index is 0.00254. The first kappa shape index (κ1) is 23.5. The normalized spacial score (nSPS) is 17.0. The largest absolute Gasteiger partial charge is 0.444 e. The predicted octanol–water partition coefficient (Wildman–Crippen LogP) is 5.16. The van der Waals surface area contributed by atoms with Gasteiger partial charge in [0, 0.05) is 30.5 Å². The molecule has 1 aliphatic rings. The molecule has 0 aromatic heterocycles. The highest BCUT2D eigenvalue weighted by molar-refractivity contribution is 9.10. The molecule has 1 fully saturated rings. The van der Waals surface area contributed by atoms with E-state index in [2.05, 4.69) is 15.9 Å². The van der Waals surface area contributed by atoms with E-state index < -0.39 is 35.7 Å². The van der Waals surface area contributed by atoms with Crippen molar-refractivity contribution in [3.8, 4) is 0 Å². The van der Waals surface area contributed by atoms with Crippen LogP contribution in [0.25, 0.3) is 0 Å². The van der Waals surface area contributed by atoms with E-state index in [1.54, 1.807) is 20.8 Å². The molecule has 0 bridgehead atoms. The Hall–Kier alpha value is -1.77. The molecule has 1 aliphatic heterocycles. The number of hydrogen-bond acceptors (Lipinski definition) is 3. The standard InChI is InChI=1S/C20H26BrF3N2O3/c1-19(2,3)29-18(28)26-11-9-14(10-12-26)17(27)25(4)16(20(22,23)24)13-5-7-15(21)8-6-13/h5-8,14,16H,9-12H2,1-4H3/t16-/m0/s1. The molecule has 2 rings (SSSR count). The summed E-state index contributed by atoms with van der Waals surface area (Å²) in [6, 6.07) is 3.73. The van der Waals surface area contributed by atoms with Gasteiger partial charge in [0.1, 0.15) is 5.60 Å². The second-order valence-electron chi connectivity index (χ2n) is 8.19. The van der Waals surface area contributed by atoms with Crippen LogP contribution in [0.5, 0.6) is 0 Å². The average molecular weight is 479 g/mol. The minimum atomic E-state index is -4.60. The molecule has 0 radical (unpaired) electrons. The lowest BCUT2D eigenvalue weighted by Gasteiger charge is -2.37. The number of nitrogens with zero attached hydrogens (tertiary/aromatic N) is 2. The van der Waals surface area contributed by atoms with Crippen molar-refractivity contribution >= 4 is 27.9 Å². The molecule has 0 spiro atoms. The molecule has 1 heterocycles. The van der Waals surface area contributed by atoms with Crippen molar-refractivity contribution in [3.05, 3.63) is 34.3 Å². The zero-order valence-corrected chi connectivity index (χ0v) is 18.5. The van der Waals surface area contributed by atoms with Crippen LogP contribution >= 0.6 is 15.9 Å². The number of piperidine rings is 1. The number of hydrogen-bond donors (Lipinski definition) is 0. The van der Waals surface area contributed by atoms with E-state index >= 15 is 0 Å². The molecule has 1 saturated heterocycles. The van der Waals surface area contributed by atoms with E-state index in [1.165, 1.54) is 36.2 Å². The van der Waals surface area contributed by atoms with Gasteiger partial charge in [-0.15, -0.1) is 0 Å². The van der Waals surface area contributed by atoms with Crippen LogP contribution in [-0.4, -0.2) is 53.7 Å². The van der Waals surface area contributed by atoms with E-state index in [-0.39, 0.29) is 18.7 Å². The van der Waals surface area contributed by atoms with Crippen molar-refractivity contribution < 1.29 is 27.5 Å². The fraction of sp³-hybridized carbons (Fsp3) is 0.600. The first-order chi connectivity index (χ1) is 13.3. The lowest BCUT2D eigenvalue weighted by Crippen LogP contribution is -2.47. The van der Waals surface area contributed by atoms with Gasteiger partial charge in [-0.2, -0.15) is 13.2 Å². The third kappa shape index (κ3) is 6.35. The predicted molar refractivity (Wildman–Crippen MR) is 106 cm³/mol. The Morgan fingerprint density at radius 2 is 1.66 bits per heavy atom. The first-order valence-corrected chi connectivity index (χ1v) is 10.2. The summed E-state index contributed by atoms with van der Waals surface area (Å²) >= 11 is 3.20. The number of rotatable bonds is 3. The van der Waals surface area contributed by atoms with Crippen molar-refractivity contribution in [2.75, 3.05) is 20.1 Å². The van der Waals surface area contributed by atoms with Gasteiger partial charge in [0.15, 0.2) is 6.04 Å². The fourth-order valence-corrected chi connectivity index (χ4v) is 3.59. The SMILES string of the molecule is CN(C(=O)C1CCN(C(=O)OC(C)(C)C)CC1)[C@@H](c1ccc(Br)cc1)C(F)(F)F. The molecule has 0 aliphatic carbocycles. The Kier molecular flexibility index (Phi) is 7.24. The smallest absolute Gasteiger partial charge is 0.413 e. The second kappa shape index (κ2) is 8.93. The maximum atomic E-state index is 13.7. The lowest BCUT2D eigenvalue weighted by molar-refractivity contribution is -0.191. The van der Waals surface area contributed by atoms with Crippen LogP contribution in [0.15, 0.2) is 28.7 Å². The van der Waals surface area contributed by atoms with Crippen molar-refractivity contribution in [1.29, 1.82) is 0 Å². The number of benzene rings is 1. The summed E-state index contributed by atoms with van der Waals surface area (Å²) in [4.78, 5) is 27.2. The topological polar surface area (TPSA) is 49.9 Å². The summed E-state index contributed by atoms with van der Waals surface area (Å²) in [5.74, 6) is -1.14. The van der Waals surface area contributed by atoms with Gasteiger partial charge >= 0.3 is 12.3 Å². The van der Waals surface area contributed by atoms with Gasteiger partial charge in [-0.1, -0.05) is 28.1 Å². The third-order valence-corrected chi connectivity index (χ3v) is 5.26. The zero-order valence-electron chi connectivity index (χ0n) is 16.9. The number of amides is 2. The summed E-state index contributed by atoms with van der Waals surface area (Å²) < 4.78 is 47.2. The van der Waals surface area contributed by atoms with Crippen LogP contribution in [0.3, 0.4) is 0 Å². The average Bonchev–Trinajstić information content (AvgIpc) is 2.60. The van der Waals surface area contributed by atoms with E-state index in [1.807, 2.05) is 0 Å². The van der Waals surface area contributed by atoms with Gasteiger partial charge in [0.05, 0.1) is 0 Å². The minimum Gasteiger partial charge on any atom is -0.444 e. The molecule has 29 heavy (non-hydrogen) atoms. The number of halogens is 4. The Bertz CT molecular complexity index is 724. The summed E-state index contributed by atoms with van der Waals surface area (Å²) in [5, 5.41) is 0. The van der Waals surface area contributed by atoms with Crippen LogP contribution in [0.2, 0.25) is 0 Å². The van der Waals surface area contributed by atoms with Gasteiger partial charge in [-0.25, -0.2) is 4.79 Å². The van der Waals surface area contributed by atoms with Crippen molar-refractivity contribution in [2.45, 2.75) is 51.4 Å². The first-order valence-electron chi connectivity index (χ1n) is 9.36. The molecule has 0 unspecified atom stereocenters. The Labute approximate surface area is 177 Å². The van der Waals surface area contributed by atoms with Crippen LogP contribution in [0.1, 0.15) is 45.2 Å². The van der Waals surface area contributed by atoms with E-state index in [4.69, 9.17) is 4.74 Å². The molecule has 0 saturated carbocycles. The third-order valence-electron chi connectivity index (χ3n) is 4.73. The van der Waals surface area contributed by atoms with Crippen molar-refractivity contribution in [1.82, 2.24) is 9.80 Å². The van der Waals surface area contributed by atoms with E-state index in [0.29, 0.717) is 17.3 Å². The Balaban J connectivity index is 2.07. The number of likely N-dealkylation sites (tertiary alicyclic amines) is 1. The van der Waals surface area contributed by atoms with Crippen LogP contribution < -0.4 is 0 Å². The Morgan fingerprint density at radius 1 is 1.14 bits per heavy atom. The number of ether oxygens (including phenoxy) is 1. The molecule has 1 aromatic rings. The molecular formula is C20H26BrF3N2O3. The van der Waals surface area contributed by atoms with Gasteiger partial charge in [0.2, 0.25) is 5.91 Å². The molecule has 2 amide bonds. The monoisotopic (exact) mass is 478 g/mol. The highest BCUT2D eigenvalue weighted by Crippen LogP contribution is 2.38. The number of carbonyl (C=O) groups excluding carboxylic acids is 2. The summed E-state index contributed by atoms with van der Waals surface area (Å²) in [6.45, 7) is 5.82. The number of carbonyl (C=O) groups is 2. The fourth-order valence-electron chi connectivity index (χ4n) is 3.33. The molecule has 9 heteroatoms. The van der Waals surface area contributed by atoms with E-state index in [0.717, 1.165) is 4.90 Å². The van der Waals surface area contributed by atoms with Crippen LogP contribution in [0, 0.1) is 5.92 Å². The van der Waals surface area contributed by atoms with E-state index in [9.17, 15) is 22.8 Å². The molecular weight excluding hydrogens is 453 g/mol. The highest BCUT2D eigenvalue weighted by atomic mass is 79.9. The molecule has 5 nitrogen and oxygen atoms in total. The quantitative estimate of drug-likeness (QED) is 0.602. The lowest BCUT2D eigenvalue weighted by atomic mass is 9.94. The summed E-state index contributed by atoms with van der Waals surface area (Å²) in [5.41, 5.74) is -0.628. The van der Waals surface area contributed by atoms with Crippen molar-refractivity contribution in [3.63, 3.8) is 0 Å². The molecule has 1 aromatic carbocycles. The highest BCUT2D eigenvalue weighted by Gasteiger charge is 2.46. The van der Waals surface area contributed by atoms with Crippen LogP contribution in [-0.2, 0) is 9.53 Å². The van der Waals surface area contributed by atoms with Crippen LogP contribution in [0.4, 0.5) is 18.0 Å². The molecule has 162 valence electrons. The van der Waals surface area contributed by atoms with Gasteiger partial charge in [-0.05, 0) is 51.3 Å². The zero-order chi connectivity index (χ0) is 22.0. The summed E-state index contributed by atoms with van der Waals surface area (Å²) in [7, 11) is 1.18. The van der Waals surface area contributed by atoms with Gasteiger partial charge in [0.25, 0.3) is 0 Å². The second-order valence-corrected chi connectivity index (χ2v) is 9.10. The van der Waals surface area contributed by atoms with Crippen molar-refractivity contribution in [2.24, 2.45) is 5.92 Å². The van der Waals surface area contributed by atoms with Gasteiger partial charge < -0.3 is 14.5 Å². The Morgan fingerprint density at radius 3 is 2.10 bits per heavy atom. The molecule has 1 atom stereocenters. The maximum Gasteiger partial charge on any atom is 0.413 e. The summed E-state index contributed by atoms with van der Waals surface area (Å²) in [6.07, 6.45) is -4.48.